The van der Waals surface area contributed by atoms with Crippen molar-refractivity contribution in [3.05, 3.63) is 39.5 Å². The van der Waals surface area contributed by atoms with E-state index in [0.29, 0.717) is 6.54 Å². The standard InChI is InChI=1S/C15H20N4S/c1-19(8-13-9-20-10-17-13)15-12(7-16)6-11-4-2-3-5-14(11)18-15/h6,9-10H,2-5,7-8,16H2,1H3. The Morgan fingerprint density at radius 2 is 2.20 bits per heavy atom. The van der Waals surface area contributed by atoms with Crippen molar-refractivity contribution in [2.24, 2.45) is 5.73 Å². The predicted molar refractivity (Wildman–Crippen MR) is 83.0 cm³/mol. The third-order valence-electron chi connectivity index (χ3n) is 3.82. The number of hydrogen-bond acceptors (Lipinski definition) is 5. The van der Waals surface area contributed by atoms with Crippen molar-refractivity contribution in [3.8, 4) is 0 Å². The van der Waals surface area contributed by atoms with Gasteiger partial charge in [-0.05, 0) is 37.3 Å². The van der Waals surface area contributed by atoms with Gasteiger partial charge in [0.2, 0.25) is 0 Å². The van der Waals surface area contributed by atoms with Gasteiger partial charge in [0.15, 0.2) is 0 Å². The molecular formula is C15H20N4S. The number of fused-ring (bicyclic) bond motifs is 1. The summed E-state index contributed by atoms with van der Waals surface area (Å²) in [5, 5.41) is 2.08. The zero-order chi connectivity index (χ0) is 13.9. The van der Waals surface area contributed by atoms with Gasteiger partial charge in [-0.15, -0.1) is 11.3 Å². The second kappa shape index (κ2) is 5.89. The maximum absolute atomic E-state index is 5.91. The van der Waals surface area contributed by atoms with Gasteiger partial charge in [0.1, 0.15) is 5.82 Å². The molecule has 2 heterocycles. The first-order chi connectivity index (χ1) is 9.78. The maximum atomic E-state index is 5.91. The van der Waals surface area contributed by atoms with Crippen molar-refractivity contribution < 1.29 is 0 Å². The molecule has 0 bridgehead atoms. The molecule has 0 fully saturated rings. The Kier molecular flexibility index (Phi) is 3.98. The lowest BCUT2D eigenvalue weighted by molar-refractivity contribution is 0.663. The predicted octanol–water partition coefficient (Wildman–Crippen LogP) is 2.51. The van der Waals surface area contributed by atoms with Crippen molar-refractivity contribution in [1.82, 2.24) is 9.97 Å². The van der Waals surface area contributed by atoms with Crippen molar-refractivity contribution in [3.63, 3.8) is 0 Å². The average molecular weight is 288 g/mol. The highest BCUT2D eigenvalue weighted by Crippen LogP contribution is 2.26. The van der Waals surface area contributed by atoms with E-state index in [0.717, 1.165) is 36.5 Å². The van der Waals surface area contributed by atoms with E-state index in [1.165, 1.54) is 24.1 Å². The first-order valence-corrected chi connectivity index (χ1v) is 8.02. The van der Waals surface area contributed by atoms with Crippen LogP contribution in [0.4, 0.5) is 5.82 Å². The fraction of sp³-hybridized carbons (Fsp3) is 0.467. The van der Waals surface area contributed by atoms with Crippen LogP contribution in [0.5, 0.6) is 0 Å². The van der Waals surface area contributed by atoms with Crippen LogP contribution >= 0.6 is 11.3 Å². The van der Waals surface area contributed by atoms with Crippen LogP contribution < -0.4 is 10.6 Å². The summed E-state index contributed by atoms with van der Waals surface area (Å²) in [7, 11) is 2.07. The van der Waals surface area contributed by atoms with Crippen molar-refractivity contribution in [2.45, 2.75) is 38.8 Å². The zero-order valence-electron chi connectivity index (χ0n) is 11.8. The molecule has 0 radical (unpaired) electrons. The topological polar surface area (TPSA) is 55.0 Å². The number of nitrogens with two attached hydrogens (primary N) is 1. The van der Waals surface area contributed by atoms with Gasteiger partial charge < -0.3 is 10.6 Å². The van der Waals surface area contributed by atoms with Gasteiger partial charge in [-0.1, -0.05) is 0 Å². The van der Waals surface area contributed by atoms with E-state index < -0.39 is 0 Å². The number of aromatic nitrogens is 2. The van der Waals surface area contributed by atoms with Crippen LogP contribution in [0, 0.1) is 0 Å². The molecule has 0 saturated heterocycles. The molecule has 2 aromatic heterocycles. The lowest BCUT2D eigenvalue weighted by Crippen LogP contribution is -2.22. The van der Waals surface area contributed by atoms with Gasteiger partial charge in [0.05, 0.1) is 17.7 Å². The molecule has 2 aromatic rings. The van der Waals surface area contributed by atoms with Gasteiger partial charge >= 0.3 is 0 Å². The second-order valence-corrected chi connectivity index (χ2v) is 6.04. The Hall–Kier alpha value is -1.46. The highest BCUT2D eigenvalue weighted by atomic mass is 32.1. The van der Waals surface area contributed by atoms with Gasteiger partial charge in [0, 0.05) is 30.2 Å². The van der Waals surface area contributed by atoms with Gasteiger partial charge in [-0.3, -0.25) is 0 Å². The highest BCUT2D eigenvalue weighted by molar-refractivity contribution is 7.07. The minimum absolute atomic E-state index is 0.539. The van der Waals surface area contributed by atoms with Crippen LogP contribution in [0.1, 0.15) is 35.4 Å². The summed E-state index contributed by atoms with van der Waals surface area (Å²) in [6.07, 6.45) is 4.76. The van der Waals surface area contributed by atoms with Gasteiger partial charge in [-0.2, -0.15) is 0 Å². The quantitative estimate of drug-likeness (QED) is 0.939. The minimum atomic E-state index is 0.539. The highest BCUT2D eigenvalue weighted by Gasteiger charge is 2.17. The lowest BCUT2D eigenvalue weighted by atomic mass is 9.94. The Morgan fingerprint density at radius 1 is 1.35 bits per heavy atom. The van der Waals surface area contributed by atoms with Crippen LogP contribution in [0.25, 0.3) is 0 Å². The van der Waals surface area contributed by atoms with Crippen molar-refractivity contribution in [2.75, 3.05) is 11.9 Å². The van der Waals surface area contributed by atoms with Crippen molar-refractivity contribution in [1.29, 1.82) is 0 Å². The lowest BCUT2D eigenvalue weighted by Gasteiger charge is -2.24. The maximum Gasteiger partial charge on any atom is 0.133 e. The first kappa shape index (κ1) is 13.5. The Morgan fingerprint density at radius 3 is 2.95 bits per heavy atom. The van der Waals surface area contributed by atoms with Crippen LogP contribution in [0.15, 0.2) is 17.0 Å². The zero-order valence-corrected chi connectivity index (χ0v) is 12.6. The summed E-state index contributed by atoms with van der Waals surface area (Å²) in [6, 6.07) is 2.26. The molecule has 0 saturated carbocycles. The SMILES string of the molecule is CN(Cc1cscn1)c1nc2c(cc1CN)CCCC2. The van der Waals surface area contributed by atoms with Gasteiger partial charge in [0.25, 0.3) is 0 Å². The van der Waals surface area contributed by atoms with E-state index in [4.69, 9.17) is 10.7 Å². The summed E-state index contributed by atoms with van der Waals surface area (Å²) in [5.74, 6) is 1.01. The monoisotopic (exact) mass is 288 g/mol. The molecule has 20 heavy (non-hydrogen) atoms. The Labute approximate surface area is 123 Å². The van der Waals surface area contributed by atoms with Crippen LogP contribution in [0.3, 0.4) is 0 Å². The fourth-order valence-electron chi connectivity index (χ4n) is 2.78. The summed E-state index contributed by atoms with van der Waals surface area (Å²) in [6.45, 7) is 1.32. The van der Waals surface area contributed by atoms with E-state index in [2.05, 4.69) is 28.4 Å². The number of nitrogens with zero attached hydrogens (tertiary/aromatic N) is 3. The Balaban J connectivity index is 1.90. The van der Waals surface area contributed by atoms with Crippen LogP contribution in [-0.2, 0) is 25.9 Å². The number of hydrogen-bond donors (Lipinski definition) is 1. The molecule has 0 spiro atoms. The molecule has 1 aliphatic rings. The second-order valence-electron chi connectivity index (χ2n) is 5.32. The Bertz CT molecular complexity index is 580. The molecular weight excluding hydrogens is 268 g/mol. The molecule has 3 rings (SSSR count). The average Bonchev–Trinajstić information content (AvgIpc) is 2.98. The largest absolute Gasteiger partial charge is 0.353 e. The summed E-state index contributed by atoms with van der Waals surface area (Å²) in [4.78, 5) is 11.4. The number of thiazole rings is 1. The summed E-state index contributed by atoms with van der Waals surface area (Å²) >= 11 is 1.63. The number of pyridine rings is 1. The molecule has 0 aromatic carbocycles. The molecule has 0 aliphatic heterocycles. The third kappa shape index (κ3) is 2.69. The molecule has 106 valence electrons. The van der Waals surface area contributed by atoms with Gasteiger partial charge in [-0.25, -0.2) is 9.97 Å². The first-order valence-electron chi connectivity index (χ1n) is 7.08. The molecule has 0 atom stereocenters. The smallest absolute Gasteiger partial charge is 0.133 e. The van der Waals surface area contributed by atoms with E-state index in [1.807, 2.05) is 5.51 Å². The van der Waals surface area contributed by atoms with E-state index in [1.54, 1.807) is 11.3 Å². The van der Waals surface area contributed by atoms with E-state index in [-0.39, 0.29) is 0 Å². The van der Waals surface area contributed by atoms with E-state index in [9.17, 15) is 0 Å². The number of rotatable bonds is 4. The molecule has 0 amide bonds. The van der Waals surface area contributed by atoms with Crippen LogP contribution in [-0.4, -0.2) is 17.0 Å². The molecule has 0 unspecified atom stereocenters. The summed E-state index contributed by atoms with van der Waals surface area (Å²) < 4.78 is 0. The molecule has 2 N–H and O–H groups in total. The normalized spacial score (nSPS) is 14.1. The minimum Gasteiger partial charge on any atom is -0.353 e. The molecule has 5 heteroatoms. The fourth-order valence-corrected chi connectivity index (χ4v) is 3.33. The molecule has 1 aliphatic carbocycles. The molecule has 4 nitrogen and oxygen atoms in total. The van der Waals surface area contributed by atoms with Crippen LogP contribution in [0.2, 0.25) is 0 Å². The third-order valence-corrected chi connectivity index (χ3v) is 4.46. The van der Waals surface area contributed by atoms with E-state index >= 15 is 0 Å². The number of aryl methyl sites for hydroxylation is 2. The summed E-state index contributed by atoms with van der Waals surface area (Å²) in [5.41, 5.74) is 12.7. The number of anilines is 1. The van der Waals surface area contributed by atoms with Crippen molar-refractivity contribution >= 4 is 17.2 Å².